The third kappa shape index (κ3) is 5.98. The molecule has 0 saturated carbocycles. The number of halogens is 1. The molecule has 0 fully saturated rings. The molecule has 7 nitrogen and oxygen atoms in total. The fourth-order valence-electron chi connectivity index (χ4n) is 2.75. The number of aromatic nitrogens is 4. The van der Waals surface area contributed by atoms with E-state index in [9.17, 15) is 0 Å². The minimum atomic E-state index is 0.374. The van der Waals surface area contributed by atoms with Crippen molar-refractivity contribution in [2.45, 2.75) is 18.1 Å². The first-order chi connectivity index (χ1) is 14.7. The quantitative estimate of drug-likeness (QED) is 0.255. The molecule has 0 bridgehead atoms. The Morgan fingerprint density at radius 2 is 2.10 bits per heavy atom. The molecule has 30 heavy (non-hydrogen) atoms. The van der Waals surface area contributed by atoms with Crippen molar-refractivity contribution >= 4 is 23.4 Å². The van der Waals surface area contributed by atoms with Crippen LogP contribution < -0.4 is 14.8 Å². The number of rotatable bonds is 12. The summed E-state index contributed by atoms with van der Waals surface area (Å²) >= 11 is 7.98. The summed E-state index contributed by atoms with van der Waals surface area (Å²) in [4.78, 5) is 0. The second-order valence-electron chi connectivity index (χ2n) is 6.30. The second kappa shape index (κ2) is 11.6. The summed E-state index contributed by atoms with van der Waals surface area (Å²) in [5.74, 6) is 2.05. The van der Waals surface area contributed by atoms with Gasteiger partial charge in [-0.1, -0.05) is 54.2 Å². The number of benzene rings is 2. The lowest BCUT2D eigenvalue weighted by Gasteiger charge is -2.13. The topological polar surface area (TPSA) is 74.1 Å². The predicted octanol–water partition coefficient (Wildman–Crippen LogP) is 4.16. The summed E-state index contributed by atoms with van der Waals surface area (Å²) < 4.78 is 12.7. The first kappa shape index (κ1) is 22.1. The lowest BCUT2D eigenvalue weighted by molar-refractivity contribution is 0.326. The first-order valence-electron chi connectivity index (χ1n) is 9.50. The molecule has 0 aliphatic heterocycles. The molecule has 0 amide bonds. The number of hydrogen-bond acceptors (Lipinski definition) is 7. The molecule has 3 rings (SSSR count). The van der Waals surface area contributed by atoms with Crippen LogP contribution in [-0.2, 0) is 6.54 Å². The third-order valence-corrected chi connectivity index (χ3v) is 5.42. The Bertz CT molecular complexity index is 952. The highest BCUT2D eigenvalue weighted by molar-refractivity contribution is 7.99. The molecule has 0 saturated heterocycles. The number of thioether (sulfide) groups is 1. The van der Waals surface area contributed by atoms with Crippen molar-refractivity contribution in [2.24, 2.45) is 0 Å². The van der Waals surface area contributed by atoms with Gasteiger partial charge in [0.25, 0.3) is 0 Å². The number of methoxy groups -OCH3 is 1. The zero-order valence-electron chi connectivity index (χ0n) is 16.8. The van der Waals surface area contributed by atoms with Gasteiger partial charge >= 0.3 is 0 Å². The third-order valence-electron chi connectivity index (χ3n) is 4.13. The van der Waals surface area contributed by atoms with Gasteiger partial charge in [0.05, 0.1) is 17.8 Å². The number of para-hydroxylation sites is 1. The van der Waals surface area contributed by atoms with Gasteiger partial charge in [0.1, 0.15) is 6.61 Å². The molecule has 1 aromatic heterocycles. The van der Waals surface area contributed by atoms with Crippen molar-refractivity contribution in [3.05, 3.63) is 65.7 Å². The molecule has 0 spiro atoms. The maximum Gasteiger partial charge on any atom is 0.214 e. The fraction of sp³-hybridized carbons (Fsp3) is 0.286. The van der Waals surface area contributed by atoms with E-state index in [1.54, 1.807) is 29.6 Å². The largest absolute Gasteiger partial charge is 0.493 e. The molecule has 0 atom stereocenters. The van der Waals surface area contributed by atoms with Crippen molar-refractivity contribution < 1.29 is 9.47 Å². The van der Waals surface area contributed by atoms with E-state index in [2.05, 4.69) is 27.4 Å². The van der Waals surface area contributed by atoms with Gasteiger partial charge in [0.2, 0.25) is 5.16 Å². The molecule has 1 heterocycles. The van der Waals surface area contributed by atoms with E-state index in [1.807, 2.05) is 42.5 Å². The van der Waals surface area contributed by atoms with Gasteiger partial charge in [-0.25, -0.2) is 0 Å². The molecule has 9 heteroatoms. The molecular formula is C21H24ClN5O2S. The van der Waals surface area contributed by atoms with Gasteiger partial charge in [-0.15, -0.1) is 5.10 Å². The fourth-order valence-corrected chi connectivity index (χ4v) is 3.87. The Hall–Kier alpha value is -2.55. The standard InChI is InChI=1S/C21H24ClN5O2S/c1-3-11-29-20-18(22)13-16(14-19(20)28-2)15-23-10-7-12-30-21-24-25-26-27(21)17-8-5-4-6-9-17/h3-6,8-9,13-14,23H,1,7,10-12,15H2,2H3. The van der Waals surface area contributed by atoms with Crippen LogP contribution in [0.3, 0.4) is 0 Å². The Morgan fingerprint density at radius 1 is 1.27 bits per heavy atom. The summed E-state index contributed by atoms with van der Waals surface area (Å²) in [6.45, 7) is 5.56. The van der Waals surface area contributed by atoms with Crippen LogP contribution in [0.25, 0.3) is 5.69 Å². The maximum absolute atomic E-state index is 6.34. The summed E-state index contributed by atoms with van der Waals surface area (Å²) in [6.07, 6.45) is 2.64. The van der Waals surface area contributed by atoms with E-state index in [0.717, 1.165) is 35.1 Å². The Morgan fingerprint density at radius 3 is 2.87 bits per heavy atom. The predicted molar refractivity (Wildman–Crippen MR) is 120 cm³/mol. The minimum Gasteiger partial charge on any atom is -0.493 e. The number of ether oxygens (including phenoxy) is 2. The highest BCUT2D eigenvalue weighted by atomic mass is 35.5. The molecule has 0 radical (unpaired) electrons. The molecule has 0 aliphatic rings. The molecule has 3 aromatic rings. The Kier molecular flexibility index (Phi) is 8.55. The molecule has 2 aromatic carbocycles. The number of nitrogens with zero attached hydrogens (tertiary/aromatic N) is 4. The van der Waals surface area contributed by atoms with E-state index in [-0.39, 0.29) is 0 Å². The van der Waals surface area contributed by atoms with Crippen LogP contribution in [0.2, 0.25) is 5.02 Å². The summed E-state index contributed by atoms with van der Waals surface area (Å²) in [5, 5.41) is 16.7. The van der Waals surface area contributed by atoms with E-state index >= 15 is 0 Å². The molecular weight excluding hydrogens is 422 g/mol. The smallest absolute Gasteiger partial charge is 0.214 e. The number of tetrazole rings is 1. The average Bonchev–Trinajstić information content (AvgIpc) is 3.24. The summed E-state index contributed by atoms with van der Waals surface area (Å²) in [5.41, 5.74) is 1.98. The monoisotopic (exact) mass is 445 g/mol. The normalized spacial score (nSPS) is 10.7. The van der Waals surface area contributed by atoms with Crippen LogP contribution in [0.5, 0.6) is 11.5 Å². The lowest BCUT2D eigenvalue weighted by Crippen LogP contribution is -2.15. The highest BCUT2D eigenvalue weighted by Gasteiger charge is 2.12. The van der Waals surface area contributed by atoms with Crippen LogP contribution in [0, 0.1) is 0 Å². The Balaban J connectivity index is 1.45. The van der Waals surface area contributed by atoms with E-state index in [0.29, 0.717) is 29.7 Å². The first-order valence-corrected chi connectivity index (χ1v) is 10.9. The van der Waals surface area contributed by atoms with Crippen molar-refractivity contribution in [1.82, 2.24) is 25.5 Å². The van der Waals surface area contributed by atoms with Gasteiger partial charge in [0, 0.05) is 12.3 Å². The van der Waals surface area contributed by atoms with Crippen molar-refractivity contribution in [2.75, 3.05) is 26.0 Å². The van der Waals surface area contributed by atoms with E-state index in [1.165, 1.54) is 0 Å². The SMILES string of the molecule is C=CCOc1c(Cl)cc(CNCCCSc2nnnn2-c2ccccc2)cc1OC. The molecule has 158 valence electrons. The van der Waals surface area contributed by atoms with Crippen LogP contribution in [0.15, 0.2) is 60.3 Å². The van der Waals surface area contributed by atoms with Crippen LogP contribution in [-0.4, -0.2) is 46.2 Å². The van der Waals surface area contributed by atoms with E-state index < -0.39 is 0 Å². The van der Waals surface area contributed by atoms with Crippen LogP contribution in [0.4, 0.5) is 0 Å². The van der Waals surface area contributed by atoms with Gasteiger partial charge in [-0.2, -0.15) is 4.68 Å². The second-order valence-corrected chi connectivity index (χ2v) is 7.77. The minimum absolute atomic E-state index is 0.374. The van der Waals surface area contributed by atoms with E-state index in [4.69, 9.17) is 21.1 Å². The Labute approximate surface area is 185 Å². The number of hydrogen-bond donors (Lipinski definition) is 1. The maximum atomic E-state index is 6.34. The summed E-state index contributed by atoms with van der Waals surface area (Å²) in [6, 6.07) is 13.7. The summed E-state index contributed by atoms with van der Waals surface area (Å²) in [7, 11) is 1.60. The van der Waals surface area contributed by atoms with Gasteiger partial charge in [0.15, 0.2) is 11.5 Å². The van der Waals surface area contributed by atoms with Crippen LogP contribution in [0.1, 0.15) is 12.0 Å². The molecule has 0 aliphatic carbocycles. The van der Waals surface area contributed by atoms with Crippen LogP contribution >= 0.6 is 23.4 Å². The molecule has 0 unspecified atom stereocenters. The zero-order valence-corrected chi connectivity index (χ0v) is 18.3. The van der Waals surface area contributed by atoms with Crippen molar-refractivity contribution in [3.8, 4) is 17.2 Å². The lowest BCUT2D eigenvalue weighted by atomic mass is 10.2. The van der Waals surface area contributed by atoms with Crippen molar-refractivity contribution in [1.29, 1.82) is 0 Å². The van der Waals surface area contributed by atoms with Gasteiger partial charge in [-0.05, 0) is 53.2 Å². The highest BCUT2D eigenvalue weighted by Crippen LogP contribution is 2.36. The van der Waals surface area contributed by atoms with Crippen molar-refractivity contribution in [3.63, 3.8) is 0 Å². The average molecular weight is 446 g/mol. The zero-order chi connectivity index (χ0) is 21.2. The molecule has 1 N–H and O–H groups in total. The van der Waals surface area contributed by atoms with Gasteiger partial charge in [-0.3, -0.25) is 0 Å². The van der Waals surface area contributed by atoms with Gasteiger partial charge < -0.3 is 14.8 Å². The number of nitrogens with one attached hydrogen (secondary N) is 1.